The van der Waals surface area contributed by atoms with Crippen LogP contribution < -0.4 is 14.4 Å². The summed E-state index contributed by atoms with van der Waals surface area (Å²) >= 11 is 1.39. The second-order valence-corrected chi connectivity index (χ2v) is 9.13. The average molecular weight is 455 g/mol. The van der Waals surface area contributed by atoms with Gasteiger partial charge in [-0.3, -0.25) is 9.36 Å². The first-order valence-corrected chi connectivity index (χ1v) is 11.9. The third-order valence-electron chi connectivity index (χ3n) is 5.85. The fourth-order valence-corrected chi connectivity index (χ4v) is 4.78. The van der Waals surface area contributed by atoms with Crippen LogP contribution in [0.1, 0.15) is 35.9 Å². The minimum atomic E-state index is 0.00729. The standard InChI is InChI=1S/C23H26N4O4S/c1-16-6-8-26(9-7-16)22-24-25-23(27(22)14-18-3-2-10-29-18)32-15-19(28)17-4-5-20-21(13-17)31-12-11-30-20/h2-5,10,13,16H,6-9,11-12,14-15H2,1H3. The average Bonchev–Trinajstić information content (AvgIpc) is 3.48. The van der Waals surface area contributed by atoms with E-state index in [1.807, 2.05) is 12.1 Å². The largest absolute Gasteiger partial charge is 0.486 e. The molecule has 4 heterocycles. The van der Waals surface area contributed by atoms with Gasteiger partial charge >= 0.3 is 0 Å². The quantitative estimate of drug-likeness (QED) is 0.393. The molecule has 2 aromatic heterocycles. The van der Waals surface area contributed by atoms with Crippen molar-refractivity contribution in [2.45, 2.75) is 31.5 Å². The molecule has 32 heavy (non-hydrogen) atoms. The molecule has 8 nitrogen and oxygen atoms in total. The van der Waals surface area contributed by atoms with Gasteiger partial charge in [-0.1, -0.05) is 18.7 Å². The van der Waals surface area contributed by atoms with Crippen LogP contribution in [0.25, 0.3) is 0 Å². The second-order valence-electron chi connectivity index (χ2n) is 8.19. The van der Waals surface area contributed by atoms with E-state index in [1.54, 1.807) is 24.5 Å². The minimum Gasteiger partial charge on any atom is -0.486 e. The molecule has 0 unspecified atom stereocenters. The number of fused-ring (bicyclic) bond motifs is 1. The molecular weight excluding hydrogens is 428 g/mol. The zero-order valence-corrected chi connectivity index (χ0v) is 18.8. The molecule has 1 fully saturated rings. The summed E-state index contributed by atoms with van der Waals surface area (Å²) in [5, 5.41) is 9.61. The topological polar surface area (TPSA) is 82.6 Å². The van der Waals surface area contributed by atoms with E-state index >= 15 is 0 Å². The van der Waals surface area contributed by atoms with E-state index in [4.69, 9.17) is 13.9 Å². The third-order valence-corrected chi connectivity index (χ3v) is 6.82. The van der Waals surface area contributed by atoms with E-state index in [9.17, 15) is 4.79 Å². The Morgan fingerprint density at radius 2 is 1.94 bits per heavy atom. The Morgan fingerprint density at radius 1 is 1.12 bits per heavy atom. The van der Waals surface area contributed by atoms with Gasteiger partial charge in [0, 0.05) is 18.7 Å². The summed E-state index contributed by atoms with van der Waals surface area (Å²) in [5.41, 5.74) is 0.601. The number of benzene rings is 1. The van der Waals surface area contributed by atoms with E-state index in [1.165, 1.54) is 11.8 Å². The third kappa shape index (κ3) is 4.48. The zero-order valence-electron chi connectivity index (χ0n) is 18.0. The van der Waals surface area contributed by atoms with Gasteiger partial charge in [-0.15, -0.1) is 10.2 Å². The Morgan fingerprint density at radius 3 is 2.72 bits per heavy atom. The van der Waals surface area contributed by atoms with Gasteiger partial charge in [0.05, 0.1) is 18.6 Å². The van der Waals surface area contributed by atoms with Gasteiger partial charge in [0.2, 0.25) is 5.95 Å². The molecule has 0 aliphatic carbocycles. The highest BCUT2D eigenvalue weighted by molar-refractivity contribution is 7.99. The molecule has 0 amide bonds. The monoisotopic (exact) mass is 454 g/mol. The Kier molecular flexibility index (Phi) is 6.07. The molecule has 1 saturated heterocycles. The lowest BCUT2D eigenvalue weighted by Gasteiger charge is -2.31. The molecule has 0 radical (unpaired) electrons. The van der Waals surface area contributed by atoms with Gasteiger partial charge in [0.15, 0.2) is 22.4 Å². The van der Waals surface area contributed by atoms with E-state index in [-0.39, 0.29) is 11.5 Å². The van der Waals surface area contributed by atoms with Crippen LogP contribution in [0.5, 0.6) is 11.5 Å². The molecule has 0 saturated carbocycles. The summed E-state index contributed by atoms with van der Waals surface area (Å²) in [4.78, 5) is 15.2. The smallest absolute Gasteiger partial charge is 0.228 e. The van der Waals surface area contributed by atoms with Crippen molar-refractivity contribution in [1.82, 2.24) is 14.8 Å². The minimum absolute atomic E-state index is 0.00729. The van der Waals surface area contributed by atoms with E-state index in [0.717, 1.165) is 43.6 Å². The van der Waals surface area contributed by atoms with Crippen molar-refractivity contribution in [2.24, 2.45) is 5.92 Å². The van der Waals surface area contributed by atoms with Crippen molar-refractivity contribution in [3.63, 3.8) is 0 Å². The van der Waals surface area contributed by atoms with Crippen LogP contribution in [0.4, 0.5) is 5.95 Å². The lowest BCUT2D eigenvalue weighted by atomic mass is 10.00. The van der Waals surface area contributed by atoms with Crippen molar-refractivity contribution in [3.05, 3.63) is 47.9 Å². The first kappa shape index (κ1) is 20.9. The molecule has 2 aliphatic rings. The highest BCUT2D eigenvalue weighted by atomic mass is 32.2. The van der Waals surface area contributed by atoms with Crippen LogP contribution in [0.2, 0.25) is 0 Å². The molecule has 3 aromatic rings. The van der Waals surface area contributed by atoms with Crippen molar-refractivity contribution < 1.29 is 18.7 Å². The second kappa shape index (κ2) is 9.28. The molecule has 2 aliphatic heterocycles. The van der Waals surface area contributed by atoms with E-state index in [0.29, 0.717) is 42.0 Å². The molecule has 0 atom stereocenters. The fraction of sp³-hybridized carbons (Fsp3) is 0.435. The van der Waals surface area contributed by atoms with Crippen LogP contribution in [0.15, 0.2) is 46.2 Å². The molecule has 0 spiro atoms. The maximum atomic E-state index is 12.9. The highest BCUT2D eigenvalue weighted by Gasteiger charge is 2.24. The number of carbonyl (C=O) groups is 1. The zero-order chi connectivity index (χ0) is 21.9. The van der Waals surface area contributed by atoms with Crippen molar-refractivity contribution >= 4 is 23.5 Å². The SMILES string of the molecule is CC1CCN(c2nnc(SCC(=O)c3ccc4c(c3)OCCO4)n2Cc2ccco2)CC1. The number of rotatable bonds is 7. The number of Topliss-reactive ketones (excluding diaryl/α,β-unsaturated/α-hetero) is 1. The molecule has 0 N–H and O–H groups in total. The number of furan rings is 1. The molecule has 9 heteroatoms. The predicted octanol–water partition coefficient (Wildman–Crippen LogP) is 3.90. The maximum Gasteiger partial charge on any atom is 0.228 e. The number of hydrogen-bond donors (Lipinski definition) is 0. The molecule has 168 valence electrons. The molecule has 5 rings (SSSR count). The van der Waals surface area contributed by atoms with Gasteiger partial charge in [-0.2, -0.15) is 0 Å². The normalized spacial score (nSPS) is 16.3. The summed E-state index contributed by atoms with van der Waals surface area (Å²) in [6.07, 6.45) is 3.94. The number of aromatic nitrogens is 3. The van der Waals surface area contributed by atoms with Gasteiger partial charge in [-0.25, -0.2) is 0 Å². The number of anilines is 1. The maximum absolute atomic E-state index is 12.9. The Labute approximate surface area is 190 Å². The van der Waals surface area contributed by atoms with Crippen LogP contribution >= 0.6 is 11.8 Å². The lowest BCUT2D eigenvalue weighted by molar-refractivity contribution is 0.102. The van der Waals surface area contributed by atoms with Gasteiger partial charge < -0.3 is 18.8 Å². The Balaban J connectivity index is 1.33. The first-order chi connectivity index (χ1) is 15.7. The number of nitrogens with zero attached hydrogens (tertiary/aromatic N) is 4. The van der Waals surface area contributed by atoms with Crippen LogP contribution in [0.3, 0.4) is 0 Å². The number of ketones is 1. The molecular formula is C23H26N4O4S. The summed E-state index contributed by atoms with van der Waals surface area (Å²) in [5.74, 6) is 3.96. The van der Waals surface area contributed by atoms with Crippen LogP contribution in [0, 0.1) is 5.92 Å². The first-order valence-electron chi connectivity index (χ1n) is 10.9. The van der Waals surface area contributed by atoms with Gasteiger partial charge in [0.1, 0.15) is 19.0 Å². The lowest BCUT2D eigenvalue weighted by Crippen LogP contribution is -2.35. The highest BCUT2D eigenvalue weighted by Crippen LogP contribution is 2.32. The number of piperidine rings is 1. The Bertz CT molecular complexity index is 1070. The summed E-state index contributed by atoms with van der Waals surface area (Å²) in [6, 6.07) is 9.15. The molecule has 0 bridgehead atoms. The number of carbonyl (C=O) groups excluding carboxylic acids is 1. The van der Waals surface area contributed by atoms with Crippen LogP contribution in [-0.2, 0) is 6.54 Å². The Hall–Kier alpha value is -2.94. The number of ether oxygens (including phenoxy) is 2. The number of hydrogen-bond acceptors (Lipinski definition) is 8. The summed E-state index contributed by atoms with van der Waals surface area (Å²) < 4.78 is 18.8. The molecule has 1 aromatic carbocycles. The van der Waals surface area contributed by atoms with Gasteiger partial charge in [0.25, 0.3) is 0 Å². The van der Waals surface area contributed by atoms with Crippen molar-refractivity contribution in [2.75, 3.05) is 37.0 Å². The summed E-state index contributed by atoms with van der Waals surface area (Å²) in [7, 11) is 0. The summed E-state index contributed by atoms with van der Waals surface area (Å²) in [6.45, 7) is 5.75. The van der Waals surface area contributed by atoms with Crippen molar-refractivity contribution in [3.8, 4) is 11.5 Å². The van der Waals surface area contributed by atoms with Crippen LogP contribution in [-0.4, -0.2) is 52.6 Å². The van der Waals surface area contributed by atoms with E-state index in [2.05, 4.69) is 26.6 Å². The number of thioether (sulfide) groups is 1. The van der Waals surface area contributed by atoms with E-state index < -0.39 is 0 Å². The predicted molar refractivity (Wildman–Crippen MR) is 121 cm³/mol. The van der Waals surface area contributed by atoms with Crippen molar-refractivity contribution in [1.29, 1.82) is 0 Å². The fourth-order valence-electron chi connectivity index (χ4n) is 3.96. The van der Waals surface area contributed by atoms with Gasteiger partial charge in [-0.05, 0) is 49.1 Å².